The van der Waals surface area contributed by atoms with Crippen LogP contribution in [-0.2, 0) is 40.3 Å². The van der Waals surface area contributed by atoms with E-state index in [-0.39, 0.29) is 5.03 Å². The molecule has 1 heterocycles. The molecule has 0 saturated carbocycles. The summed E-state index contributed by atoms with van der Waals surface area (Å²) >= 11 is 0. The first-order valence-electron chi connectivity index (χ1n) is 9.92. The number of fused-ring (bicyclic) bond motifs is 3. The maximum atomic E-state index is 12.8. The highest BCUT2D eigenvalue weighted by Crippen LogP contribution is 2.38. The summed E-state index contributed by atoms with van der Waals surface area (Å²) in [6.45, 7) is 0. The fourth-order valence-electron chi connectivity index (χ4n) is 4.48. The van der Waals surface area contributed by atoms with E-state index in [4.69, 9.17) is 0 Å². The third kappa shape index (κ3) is 3.29. The SMILES string of the molecule is O=C(CS(=O)(=O)c1cnc2ccccc2n1)Nc1c2c(cc3c1CCC3)CCC2. The number of nitrogens with zero attached hydrogens (tertiary/aromatic N) is 2. The molecule has 6 nitrogen and oxygen atoms in total. The van der Waals surface area contributed by atoms with E-state index in [1.165, 1.54) is 28.5 Å². The van der Waals surface area contributed by atoms with Crippen molar-refractivity contribution in [2.75, 3.05) is 11.1 Å². The van der Waals surface area contributed by atoms with Gasteiger partial charge in [-0.3, -0.25) is 9.78 Å². The zero-order valence-corrected chi connectivity index (χ0v) is 16.8. The smallest absolute Gasteiger partial charge is 0.240 e. The Labute approximate surface area is 169 Å². The van der Waals surface area contributed by atoms with Gasteiger partial charge in [0.2, 0.25) is 15.7 Å². The average Bonchev–Trinajstić information content (AvgIpc) is 3.36. The van der Waals surface area contributed by atoms with Crippen molar-refractivity contribution < 1.29 is 13.2 Å². The van der Waals surface area contributed by atoms with Gasteiger partial charge in [0.1, 0.15) is 5.75 Å². The number of sulfone groups is 1. The highest BCUT2D eigenvalue weighted by molar-refractivity contribution is 7.92. The first-order valence-corrected chi connectivity index (χ1v) is 11.6. The largest absolute Gasteiger partial charge is 0.325 e. The fraction of sp³-hybridized carbons (Fsp3) is 0.318. The van der Waals surface area contributed by atoms with Gasteiger partial charge in [-0.1, -0.05) is 18.2 Å². The Hall–Kier alpha value is -2.80. The zero-order valence-electron chi connectivity index (χ0n) is 15.9. The lowest BCUT2D eigenvalue weighted by Crippen LogP contribution is -2.25. The molecule has 0 saturated heterocycles. The molecule has 0 spiro atoms. The van der Waals surface area contributed by atoms with Crippen LogP contribution in [0.15, 0.2) is 41.6 Å². The summed E-state index contributed by atoms with van der Waals surface area (Å²) in [4.78, 5) is 21.1. The van der Waals surface area contributed by atoms with Gasteiger partial charge in [0.15, 0.2) is 5.03 Å². The number of benzene rings is 2. The summed E-state index contributed by atoms with van der Waals surface area (Å²) < 4.78 is 25.6. The summed E-state index contributed by atoms with van der Waals surface area (Å²) in [5.41, 5.74) is 6.92. The van der Waals surface area contributed by atoms with Gasteiger partial charge in [-0.15, -0.1) is 0 Å². The van der Waals surface area contributed by atoms with Crippen molar-refractivity contribution >= 4 is 32.5 Å². The minimum Gasteiger partial charge on any atom is -0.325 e. The molecule has 1 N–H and O–H groups in total. The average molecular weight is 407 g/mol. The maximum absolute atomic E-state index is 12.8. The Bertz CT molecular complexity index is 1220. The van der Waals surface area contributed by atoms with E-state index in [1.54, 1.807) is 18.2 Å². The van der Waals surface area contributed by atoms with Crippen molar-refractivity contribution in [2.45, 2.75) is 43.6 Å². The minimum absolute atomic E-state index is 0.171. The van der Waals surface area contributed by atoms with Gasteiger partial charge in [0.25, 0.3) is 0 Å². The van der Waals surface area contributed by atoms with E-state index < -0.39 is 21.5 Å². The summed E-state index contributed by atoms with van der Waals surface area (Å²) in [5.74, 6) is -1.16. The van der Waals surface area contributed by atoms with Crippen LogP contribution in [0.2, 0.25) is 0 Å². The standard InChI is InChI=1S/C22H21N3O3S/c26-20(13-29(27,28)21-12-23-18-9-1-2-10-19(18)24-21)25-22-16-7-3-5-14(16)11-15-6-4-8-17(15)22/h1-2,9-12H,3-8,13H2,(H,25,26). The molecule has 0 aliphatic heterocycles. The molecule has 1 amide bonds. The first-order chi connectivity index (χ1) is 14.0. The number of nitrogens with one attached hydrogen (secondary N) is 1. The van der Waals surface area contributed by atoms with Crippen molar-refractivity contribution in [3.05, 3.63) is 58.8 Å². The van der Waals surface area contributed by atoms with Crippen LogP contribution in [0.3, 0.4) is 0 Å². The predicted octanol–water partition coefficient (Wildman–Crippen LogP) is 3.02. The number of hydrogen-bond acceptors (Lipinski definition) is 5. The Morgan fingerprint density at radius 3 is 2.31 bits per heavy atom. The lowest BCUT2D eigenvalue weighted by Gasteiger charge is -2.16. The molecule has 2 aliphatic carbocycles. The minimum atomic E-state index is -3.88. The van der Waals surface area contributed by atoms with Crippen molar-refractivity contribution in [3.63, 3.8) is 0 Å². The van der Waals surface area contributed by atoms with Crippen LogP contribution in [-0.4, -0.2) is 30.0 Å². The number of rotatable bonds is 4. The fourth-order valence-corrected chi connectivity index (χ4v) is 5.50. The molecule has 5 rings (SSSR count). The monoisotopic (exact) mass is 407 g/mol. The number of para-hydroxylation sites is 2. The second kappa shape index (κ2) is 6.91. The van der Waals surface area contributed by atoms with Crippen LogP contribution < -0.4 is 5.32 Å². The van der Waals surface area contributed by atoms with Gasteiger partial charge < -0.3 is 5.32 Å². The zero-order chi connectivity index (χ0) is 20.0. The maximum Gasteiger partial charge on any atom is 0.240 e. The Kier molecular flexibility index (Phi) is 4.35. The van der Waals surface area contributed by atoms with Crippen LogP contribution in [0, 0.1) is 0 Å². The molecule has 0 atom stereocenters. The molecule has 2 aliphatic rings. The number of carbonyl (C=O) groups is 1. The van der Waals surface area contributed by atoms with E-state index >= 15 is 0 Å². The molecule has 0 bridgehead atoms. The van der Waals surface area contributed by atoms with Gasteiger partial charge in [0.05, 0.1) is 17.2 Å². The molecule has 1 aromatic heterocycles. The number of aromatic nitrogens is 2. The van der Waals surface area contributed by atoms with Crippen LogP contribution >= 0.6 is 0 Å². The van der Waals surface area contributed by atoms with Crippen LogP contribution in [0.5, 0.6) is 0 Å². The van der Waals surface area contributed by atoms with Gasteiger partial charge in [-0.2, -0.15) is 0 Å². The van der Waals surface area contributed by atoms with Crippen molar-refractivity contribution in [3.8, 4) is 0 Å². The van der Waals surface area contributed by atoms with Crippen LogP contribution in [0.4, 0.5) is 5.69 Å². The predicted molar refractivity (Wildman–Crippen MR) is 111 cm³/mol. The summed E-state index contributed by atoms with van der Waals surface area (Å²) in [5, 5.41) is 2.77. The molecule has 3 aromatic rings. The number of hydrogen-bond donors (Lipinski definition) is 1. The van der Waals surface area contributed by atoms with E-state index in [1.807, 2.05) is 6.07 Å². The normalized spacial score (nSPS) is 15.3. The first kappa shape index (κ1) is 18.2. The lowest BCUT2D eigenvalue weighted by atomic mass is 9.98. The molecule has 29 heavy (non-hydrogen) atoms. The second-order valence-electron chi connectivity index (χ2n) is 7.74. The van der Waals surface area contributed by atoms with Gasteiger partial charge in [-0.25, -0.2) is 13.4 Å². The lowest BCUT2D eigenvalue weighted by molar-refractivity contribution is -0.113. The topological polar surface area (TPSA) is 89.0 Å². The third-order valence-corrected chi connectivity index (χ3v) is 7.28. The van der Waals surface area contributed by atoms with Crippen molar-refractivity contribution in [2.24, 2.45) is 0 Å². The summed E-state index contributed by atoms with van der Waals surface area (Å²) in [6.07, 6.45) is 7.29. The van der Waals surface area contributed by atoms with Gasteiger partial charge in [-0.05, 0) is 72.9 Å². The quantitative estimate of drug-likeness (QED) is 0.718. The molecule has 7 heteroatoms. The van der Waals surface area contributed by atoms with Gasteiger partial charge >= 0.3 is 0 Å². The molecule has 0 unspecified atom stereocenters. The number of aryl methyl sites for hydroxylation is 2. The number of anilines is 1. The van der Waals surface area contributed by atoms with E-state index in [0.29, 0.717) is 11.0 Å². The summed E-state index contributed by atoms with van der Waals surface area (Å²) in [6, 6.07) is 9.34. The number of amides is 1. The molecule has 0 fully saturated rings. The summed E-state index contributed by atoms with van der Waals surface area (Å²) in [7, 11) is -3.88. The highest BCUT2D eigenvalue weighted by atomic mass is 32.2. The Balaban J connectivity index is 1.42. The van der Waals surface area contributed by atoms with Crippen molar-refractivity contribution in [1.29, 1.82) is 0 Å². The van der Waals surface area contributed by atoms with Gasteiger partial charge in [0, 0.05) is 5.69 Å². The molecule has 2 aromatic carbocycles. The van der Waals surface area contributed by atoms with E-state index in [2.05, 4.69) is 21.4 Å². The number of carbonyl (C=O) groups excluding carboxylic acids is 1. The second-order valence-corrected chi connectivity index (χ2v) is 9.67. The third-order valence-electron chi connectivity index (χ3n) is 5.80. The molecular weight excluding hydrogens is 386 g/mol. The molecule has 0 radical (unpaired) electrons. The molecule has 148 valence electrons. The van der Waals surface area contributed by atoms with Crippen molar-refractivity contribution in [1.82, 2.24) is 9.97 Å². The molecular formula is C22H21N3O3S. The van der Waals surface area contributed by atoms with Crippen LogP contribution in [0.25, 0.3) is 11.0 Å². The Morgan fingerprint density at radius 1 is 0.966 bits per heavy atom. The van der Waals surface area contributed by atoms with Crippen LogP contribution in [0.1, 0.15) is 35.1 Å². The van der Waals surface area contributed by atoms with E-state index in [9.17, 15) is 13.2 Å². The highest BCUT2D eigenvalue weighted by Gasteiger charge is 2.27. The Morgan fingerprint density at radius 2 is 1.62 bits per heavy atom. The van der Waals surface area contributed by atoms with E-state index in [0.717, 1.165) is 44.2 Å².